The number of benzene rings is 2. The smallest absolute Gasteiger partial charge is 0.415 e. The lowest BCUT2D eigenvalue weighted by molar-refractivity contribution is -0.137. The molecule has 1 unspecified atom stereocenters. The third-order valence-corrected chi connectivity index (χ3v) is 13.1. The molecule has 64 heavy (non-hydrogen) atoms. The molecule has 16 heteroatoms. The number of likely N-dealkylation sites (tertiary alicyclic amines) is 1. The first-order valence-corrected chi connectivity index (χ1v) is 22.5. The molecule has 1 atom stereocenters. The number of nitrogens with zero attached hydrogens (tertiary/aromatic N) is 7. The van der Waals surface area contributed by atoms with Crippen LogP contribution in [0.15, 0.2) is 54.9 Å². The Kier molecular flexibility index (Phi) is 11.9. The Morgan fingerprint density at radius 3 is 2.45 bits per heavy atom. The van der Waals surface area contributed by atoms with Crippen molar-refractivity contribution in [3.63, 3.8) is 0 Å². The minimum atomic E-state index is -0.647. The molecule has 4 amide bonds. The van der Waals surface area contributed by atoms with Crippen molar-refractivity contribution in [2.24, 2.45) is 11.8 Å². The Bertz CT molecular complexity index is 2450. The molecule has 0 saturated carbocycles. The summed E-state index contributed by atoms with van der Waals surface area (Å²) in [6.07, 6.45) is 8.02. The fourth-order valence-corrected chi connectivity index (χ4v) is 9.64. The van der Waals surface area contributed by atoms with Crippen LogP contribution in [0.2, 0.25) is 0 Å². The van der Waals surface area contributed by atoms with Gasteiger partial charge in [0.05, 0.1) is 43.0 Å². The Morgan fingerprint density at radius 1 is 0.938 bits per heavy atom. The second-order valence-electron chi connectivity index (χ2n) is 18.8. The highest BCUT2D eigenvalue weighted by Gasteiger charge is 2.35. The van der Waals surface area contributed by atoms with Gasteiger partial charge in [-0.25, -0.2) is 24.1 Å². The number of hydrogen-bond acceptors (Lipinski definition) is 12. The molecule has 3 saturated heterocycles. The molecule has 5 aliphatic heterocycles. The number of fused-ring (bicyclic) bond motifs is 2. The number of aromatic nitrogens is 3. The number of pyridine rings is 1. The van der Waals surface area contributed by atoms with Gasteiger partial charge in [-0.1, -0.05) is 18.2 Å². The average molecular weight is 874 g/mol. The van der Waals surface area contributed by atoms with E-state index in [1.54, 1.807) is 29.4 Å². The van der Waals surface area contributed by atoms with Crippen LogP contribution < -0.4 is 30.1 Å². The number of ether oxygens (including phenoxy) is 2. The first-order chi connectivity index (χ1) is 30.7. The highest BCUT2D eigenvalue weighted by molar-refractivity contribution is 6.01. The standard InChI is InChI=1S/C48H56FN9O6/c1-29-40(25-50-45-43(29)58(19-20-63-45)47(62)64-48(2,3)4)56-18-15-34-24-51-46(53-39(34)28-56)52-35-8-5-33(38(49)23-35)22-42(60)57-26-31(27-57)21-30-13-16-55(17-14-30)36-9-6-32(7-10-36)37-11-12-41(59)54-44(37)61/h5-10,23-25,30-31,37H,11-22,26-28H2,1-4H3,(H,51,52,53)(H,54,59,61). The molecule has 7 heterocycles. The monoisotopic (exact) mass is 873 g/mol. The number of amides is 4. The number of carbonyl (C=O) groups excluding carboxylic acids is 4. The predicted molar refractivity (Wildman–Crippen MR) is 239 cm³/mol. The van der Waals surface area contributed by atoms with Crippen LogP contribution >= 0.6 is 0 Å². The lowest BCUT2D eigenvalue weighted by Gasteiger charge is -2.42. The molecule has 0 bridgehead atoms. The lowest BCUT2D eigenvalue weighted by atomic mass is 9.83. The van der Waals surface area contributed by atoms with E-state index in [1.165, 1.54) is 6.07 Å². The Hall–Kier alpha value is -6.32. The molecule has 2 N–H and O–H groups in total. The van der Waals surface area contributed by atoms with Gasteiger partial charge in [0.1, 0.15) is 23.7 Å². The summed E-state index contributed by atoms with van der Waals surface area (Å²) in [4.78, 5) is 72.1. The van der Waals surface area contributed by atoms with Crippen LogP contribution in [0.3, 0.4) is 0 Å². The van der Waals surface area contributed by atoms with E-state index < -0.39 is 17.5 Å². The highest BCUT2D eigenvalue weighted by Crippen LogP contribution is 2.40. The third kappa shape index (κ3) is 9.32. The third-order valence-electron chi connectivity index (χ3n) is 13.1. The van der Waals surface area contributed by atoms with Crippen molar-refractivity contribution >= 4 is 52.5 Å². The van der Waals surface area contributed by atoms with Crippen molar-refractivity contribution in [1.29, 1.82) is 0 Å². The summed E-state index contributed by atoms with van der Waals surface area (Å²) in [5.74, 6) is 0.574. The molecule has 9 rings (SSSR count). The van der Waals surface area contributed by atoms with Gasteiger partial charge in [-0.2, -0.15) is 0 Å². The van der Waals surface area contributed by atoms with Gasteiger partial charge in [-0.3, -0.25) is 24.6 Å². The van der Waals surface area contributed by atoms with Gasteiger partial charge < -0.3 is 29.5 Å². The molecule has 336 valence electrons. The van der Waals surface area contributed by atoms with Crippen LogP contribution in [0.25, 0.3) is 0 Å². The Morgan fingerprint density at radius 2 is 1.72 bits per heavy atom. The van der Waals surface area contributed by atoms with E-state index in [9.17, 15) is 19.2 Å². The molecule has 2 aromatic heterocycles. The Labute approximate surface area is 372 Å². The number of imide groups is 1. The van der Waals surface area contributed by atoms with Gasteiger partial charge in [0.15, 0.2) is 0 Å². The van der Waals surface area contributed by atoms with Gasteiger partial charge in [0.25, 0.3) is 0 Å². The summed E-state index contributed by atoms with van der Waals surface area (Å²) in [6.45, 7) is 12.7. The van der Waals surface area contributed by atoms with Crippen molar-refractivity contribution in [1.82, 2.24) is 25.2 Å². The fraction of sp³-hybridized carbons (Fsp3) is 0.479. The zero-order valence-electron chi connectivity index (χ0n) is 37.0. The topological polar surface area (TPSA) is 162 Å². The van der Waals surface area contributed by atoms with Crippen molar-refractivity contribution in [3.8, 4) is 5.88 Å². The fourth-order valence-electron chi connectivity index (χ4n) is 9.64. The van der Waals surface area contributed by atoms with Gasteiger partial charge in [-0.05, 0) is 113 Å². The van der Waals surface area contributed by atoms with Crippen LogP contribution in [0.4, 0.5) is 37.9 Å². The van der Waals surface area contributed by atoms with Crippen LogP contribution in [0.1, 0.15) is 86.7 Å². The Balaban J connectivity index is 0.742. The van der Waals surface area contributed by atoms with Crippen molar-refractivity contribution in [2.45, 2.75) is 90.7 Å². The minimum absolute atomic E-state index is 0.00333. The van der Waals surface area contributed by atoms with Crippen molar-refractivity contribution in [2.75, 3.05) is 65.9 Å². The molecule has 0 radical (unpaired) electrons. The van der Waals surface area contributed by atoms with Gasteiger partial charge in [0.2, 0.25) is 29.5 Å². The van der Waals surface area contributed by atoms with Gasteiger partial charge in [0, 0.05) is 62.3 Å². The number of anilines is 5. The van der Waals surface area contributed by atoms with Gasteiger partial charge >= 0.3 is 6.09 Å². The number of halogens is 1. The number of hydrogen-bond donors (Lipinski definition) is 2. The molecule has 3 fully saturated rings. The predicted octanol–water partition coefficient (Wildman–Crippen LogP) is 6.59. The molecule has 0 spiro atoms. The second-order valence-corrected chi connectivity index (χ2v) is 18.8. The zero-order chi connectivity index (χ0) is 44.7. The maximum atomic E-state index is 15.5. The summed E-state index contributed by atoms with van der Waals surface area (Å²) in [5, 5.41) is 5.59. The molecule has 2 aromatic carbocycles. The van der Waals surface area contributed by atoms with Crippen LogP contribution in [0, 0.1) is 24.6 Å². The van der Waals surface area contributed by atoms with E-state index >= 15 is 4.39 Å². The maximum Gasteiger partial charge on any atom is 0.415 e. The lowest BCUT2D eigenvalue weighted by Crippen LogP contribution is -2.51. The van der Waals surface area contributed by atoms with Crippen LogP contribution in [0.5, 0.6) is 5.88 Å². The molecular weight excluding hydrogens is 818 g/mol. The van der Waals surface area contributed by atoms with Crippen LogP contribution in [-0.2, 0) is 38.5 Å². The van der Waals surface area contributed by atoms with E-state index in [1.807, 2.05) is 44.7 Å². The summed E-state index contributed by atoms with van der Waals surface area (Å²) < 4.78 is 27.0. The average Bonchev–Trinajstić information content (AvgIpc) is 3.25. The van der Waals surface area contributed by atoms with Crippen LogP contribution in [-0.4, -0.2) is 95.1 Å². The summed E-state index contributed by atoms with van der Waals surface area (Å²) in [7, 11) is 0. The zero-order valence-corrected chi connectivity index (χ0v) is 37.0. The van der Waals surface area contributed by atoms with Gasteiger partial charge in [-0.15, -0.1) is 0 Å². The minimum Gasteiger partial charge on any atom is -0.474 e. The van der Waals surface area contributed by atoms with E-state index in [4.69, 9.17) is 14.5 Å². The molecule has 4 aromatic rings. The highest BCUT2D eigenvalue weighted by atomic mass is 19.1. The second kappa shape index (κ2) is 17.7. The summed E-state index contributed by atoms with van der Waals surface area (Å²) in [5.41, 5.74) is 6.46. The maximum absolute atomic E-state index is 15.5. The largest absolute Gasteiger partial charge is 0.474 e. The number of rotatable bonds is 9. The number of piperidine rings is 2. The molecule has 15 nitrogen and oxygen atoms in total. The SMILES string of the molecule is Cc1c(N2CCc3cnc(Nc4ccc(CC(=O)N5CC(CC6CCN(c7ccc(C8CCC(=O)NC8=O)cc7)CC6)C5)c(F)c4)nc3C2)cnc2c1N(C(=O)OC(C)(C)C)CCO2. The first kappa shape index (κ1) is 43.0. The van der Waals surface area contributed by atoms with Crippen molar-refractivity contribution < 1.29 is 33.0 Å². The van der Waals surface area contributed by atoms with E-state index in [-0.39, 0.29) is 30.1 Å². The summed E-state index contributed by atoms with van der Waals surface area (Å²) >= 11 is 0. The van der Waals surface area contributed by atoms with E-state index in [2.05, 4.69) is 42.5 Å². The first-order valence-electron chi connectivity index (χ1n) is 22.5. The quantitative estimate of drug-likeness (QED) is 0.174. The normalized spacial score (nSPS) is 19.3. The van der Waals surface area contributed by atoms with E-state index in [0.29, 0.717) is 99.2 Å². The van der Waals surface area contributed by atoms with E-state index in [0.717, 1.165) is 66.1 Å². The molecular formula is C48H56FN9O6. The molecule has 0 aliphatic carbocycles. The van der Waals surface area contributed by atoms with Crippen molar-refractivity contribution in [3.05, 3.63) is 88.6 Å². The number of nitrogens with one attached hydrogen (secondary N) is 2. The number of carbonyl (C=O) groups is 4. The summed E-state index contributed by atoms with van der Waals surface area (Å²) in [6, 6.07) is 13.0. The molecule has 5 aliphatic rings.